The van der Waals surface area contributed by atoms with E-state index in [9.17, 15) is 19.8 Å². The SMILES string of the molecule is CC/C=C/C/C=C/C/C=C/CCCCCCC(=O)OC(CCCC/C=C\C/C=C\C/C=C\CCCCC)CC(=O)NC(CO)C(O)CCCCCCCCCCCCCCC. The first kappa shape index (κ1) is 58.3. The maximum atomic E-state index is 13.2. The van der Waals surface area contributed by atoms with Gasteiger partial charge in [-0.05, 0) is 96.3 Å². The van der Waals surface area contributed by atoms with Crippen molar-refractivity contribution in [3.05, 3.63) is 72.9 Å². The molecule has 6 heteroatoms. The van der Waals surface area contributed by atoms with Gasteiger partial charge in [-0.1, -0.05) is 203 Å². The van der Waals surface area contributed by atoms with E-state index in [1.807, 2.05) is 0 Å². The standard InChI is InChI=1S/C55H97NO5/c1-4-7-10-13-16-19-22-25-27-29-31-34-37-40-43-46-51(61-55(60)48-45-42-39-36-33-30-26-23-20-17-14-11-8-5-2)49-54(59)56-52(50-57)53(58)47-44-41-38-35-32-28-24-21-18-15-12-9-6-3/h8,11,16-17,19-20,25-27,30-31,34,51-53,57-58H,4-7,9-10,12-15,18,21-24,28-29,32-33,35-50H2,1-3H3,(H,56,59)/b11-8+,19-16-,20-17+,27-25-,30-26+,34-31-. The van der Waals surface area contributed by atoms with Crippen molar-refractivity contribution in [2.24, 2.45) is 0 Å². The van der Waals surface area contributed by atoms with Crippen LogP contribution in [0.5, 0.6) is 0 Å². The molecule has 0 heterocycles. The van der Waals surface area contributed by atoms with Gasteiger partial charge in [0.25, 0.3) is 0 Å². The fourth-order valence-corrected chi connectivity index (χ4v) is 7.39. The maximum absolute atomic E-state index is 13.2. The third kappa shape index (κ3) is 43.7. The lowest BCUT2D eigenvalue weighted by atomic mass is 10.0. The maximum Gasteiger partial charge on any atom is 0.306 e. The highest BCUT2D eigenvalue weighted by Crippen LogP contribution is 2.17. The molecule has 0 aromatic carbocycles. The van der Waals surface area contributed by atoms with Gasteiger partial charge in [-0.25, -0.2) is 0 Å². The quantitative estimate of drug-likeness (QED) is 0.0322. The first-order valence-corrected chi connectivity index (χ1v) is 25.7. The molecule has 0 rings (SSSR count). The van der Waals surface area contributed by atoms with Gasteiger partial charge in [0.1, 0.15) is 6.10 Å². The molecule has 0 saturated carbocycles. The number of ether oxygens (including phenoxy) is 1. The molecule has 0 fully saturated rings. The molecule has 61 heavy (non-hydrogen) atoms. The van der Waals surface area contributed by atoms with Crippen LogP contribution in [0.3, 0.4) is 0 Å². The Kier molecular flexibility index (Phi) is 46.2. The van der Waals surface area contributed by atoms with Crippen molar-refractivity contribution in [2.45, 2.75) is 257 Å². The second kappa shape index (κ2) is 48.3. The number of rotatable bonds is 45. The summed E-state index contributed by atoms with van der Waals surface area (Å²) in [6.07, 6.45) is 61.0. The van der Waals surface area contributed by atoms with Gasteiger partial charge in [0.2, 0.25) is 5.91 Å². The van der Waals surface area contributed by atoms with E-state index >= 15 is 0 Å². The number of esters is 1. The molecule has 0 bridgehead atoms. The zero-order valence-electron chi connectivity index (χ0n) is 40.0. The van der Waals surface area contributed by atoms with Crippen LogP contribution in [0.2, 0.25) is 0 Å². The van der Waals surface area contributed by atoms with Crippen LogP contribution in [-0.2, 0) is 14.3 Å². The highest BCUT2D eigenvalue weighted by Gasteiger charge is 2.24. The fourth-order valence-electron chi connectivity index (χ4n) is 7.39. The van der Waals surface area contributed by atoms with Gasteiger partial charge in [-0.2, -0.15) is 0 Å². The van der Waals surface area contributed by atoms with Gasteiger partial charge in [-0.3, -0.25) is 9.59 Å². The number of hydrogen-bond acceptors (Lipinski definition) is 5. The number of amides is 1. The molecule has 6 nitrogen and oxygen atoms in total. The van der Waals surface area contributed by atoms with E-state index in [4.69, 9.17) is 4.74 Å². The smallest absolute Gasteiger partial charge is 0.306 e. The van der Waals surface area contributed by atoms with E-state index in [0.717, 1.165) is 103 Å². The fraction of sp³-hybridized carbons (Fsp3) is 0.745. The third-order valence-electron chi connectivity index (χ3n) is 11.3. The van der Waals surface area contributed by atoms with Crippen LogP contribution in [0.4, 0.5) is 0 Å². The van der Waals surface area contributed by atoms with Gasteiger partial charge < -0.3 is 20.3 Å². The minimum absolute atomic E-state index is 0.0400. The lowest BCUT2D eigenvalue weighted by Crippen LogP contribution is -2.46. The zero-order chi connectivity index (χ0) is 44.5. The summed E-state index contributed by atoms with van der Waals surface area (Å²) in [6.45, 7) is 6.32. The average Bonchev–Trinajstić information content (AvgIpc) is 3.25. The highest BCUT2D eigenvalue weighted by molar-refractivity contribution is 5.77. The predicted molar refractivity (Wildman–Crippen MR) is 264 cm³/mol. The Morgan fingerprint density at radius 3 is 1.39 bits per heavy atom. The Hall–Kier alpha value is -2.70. The molecule has 0 spiro atoms. The van der Waals surface area contributed by atoms with Crippen LogP contribution in [0.1, 0.15) is 239 Å². The van der Waals surface area contributed by atoms with Crippen LogP contribution < -0.4 is 5.32 Å². The van der Waals surface area contributed by atoms with Crippen molar-refractivity contribution in [3.8, 4) is 0 Å². The Bertz CT molecular complexity index is 1140. The molecular formula is C55H97NO5. The number of nitrogens with one attached hydrogen (secondary N) is 1. The first-order chi connectivity index (χ1) is 30.0. The number of aliphatic hydroxyl groups is 2. The van der Waals surface area contributed by atoms with E-state index in [-0.39, 0.29) is 24.9 Å². The molecule has 3 unspecified atom stereocenters. The molecule has 0 aromatic rings. The Morgan fingerprint density at radius 1 is 0.492 bits per heavy atom. The first-order valence-electron chi connectivity index (χ1n) is 25.7. The number of aliphatic hydroxyl groups excluding tert-OH is 2. The third-order valence-corrected chi connectivity index (χ3v) is 11.3. The lowest BCUT2D eigenvalue weighted by Gasteiger charge is -2.24. The summed E-state index contributed by atoms with van der Waals surface area (Å²) in [4.78, 5) is 26.1. The van der Waals surface area contributed by atoms with Crippen molar-refractivity contribution in [1.82, 2.24) is 5.32 Å². The number of carbonyl (C=O) groups excluding carboxylic acids is 2. The molecule has 0 radical (unpaired) electrons. The minimum Gasteiger partial charge on any atom is -0.462 e. The summed E-state index contributed by atoms with van der Waals surface area (Å²) in [5.41, 5.74) is 0. The minimum atomic E-state index is -0.804. The number of unbranched alkanes of at least 4 members (excludes halogenated alkanes) is 21. The van der Waals surface area contributed by atoms with Crippen molar-refractivity contribution < 1.29 is 24.5 Å². The molecule has 0 aliphatic rings. The summed E-state index contributed by atoms with van der Waals surface area (Å²) in [5, 5.41) is 23.8. The molecule has 3 N–H and O–H groups in total. The van der Waals surface area contributed by atoms with Gasteiger partial charge in [0.15, 0.2) is 0 Å². The van der Waals surface area contributed by atoms with E-state index in [1.165, 1.54) is 89.9 Å². The predicted octanol–water partition coefficient (Wildman–Crippen LogP) is 15.4. The number of allylic oxidation sites excluding steroid dienone is 12. The second-order valence-corrected chi connectivity index (χ2v) is 17.2. The highest BCUT2D eigenvalue weighted by atomic mass is 16.5. The summed E-state index contributed by atoms with van der Waals surface area (Å²) >= 11 is 0. The van der Waals surface area contributed by atoms with Crippen molar-refractivity contribution in [3.63, 3.8) is 0 Å². The van der Waals surface area contributed by atoms with E-state index < -0.39 is 18.2 Å². The van der Waals surface area contributed by atoms with Crippen LogP contribution in [0, 0.1) is 0 Å². The van der Waals surface area contributed by atoms with E-state index in [1.54, 1.807) is 0 Å². The molecule has 1 amide bonds. The number of carbonyl (C=O) groups is 2. The summed E-state index contributed by atoms with van der Waals surface area (Å²) < 4.78 is 5.90. The molecule has 0 aliphatic heterocycles. The Balaban J connectivity index is 4.70. The Labute approximate surface area is 377 Å². The average molecular weight is 852 g/mol. The van der Waals surface area contributed by atoms with Gasteiger partial charge in [-0.15, -0.1) is 0 Å². The summed E-state index contributed by atoms with van der Waals surface area (Å²) in [6, 6.07) is -0.721. The second-order valence-electron chi connectivity index (χ2n) is 17.2. The van der Waals surface area contributed by atoms with Crippen LogP contribution >= 0.6 is 0 Å². The van der Waals surface area contributed by atoms with Gasteiger partial charge in [0.05, 0.1) is 25.2 Å². The molecule has 3 atom stereocenters. The van der Waals surface area contributed by atoms with Crippen LogP contribution in [-0.4, -0.2) is 46.9 Å². The van der Waals surface area contributed by atoms with Crippen molar-refractivity contribution >= 4 is 11.9 Å². The van der Waals surface area contributed by atoms with Crippen LogP contribution in [0.25, 0.3) is 0 Å². The molecular weight excluding hydrogens is 755 g/mol. The topological polar surface area (TPSA) is 95.9 Å². The number of hydrogen-bond donors (Lipinski definition) is 3. The molecule has 0 aliphatic carbocycles. The lowest BCUT2D eigenvalue weighted by molar-refractivity contribution is -0.151. The monoisotopic (exact) mass is 852 g/mol. The largest absolute Gasteiger partial charge is 0.462 e. The Morgan fingerprint density at radius 2 is 0.885 bits per heavy atom. The van der Waals surface area contributed by atoms with E-state index in [2.05, 4.69) is 99.0 Å². The van der Waals surface area contributed by atoms with Crippen molar-refractivity contribution in [2.75, 3.05) is 6.61 Å². The van der Waals surface area contributed by atoms with Gasteiger partial charge >= 0.3 is 5.97 Å². The molecule has 0 saturated heterocycles. The molecule has 352 valence electrons. The van der Waals surface area contributed by atoms with E-state index in [0.29, 0.717) is 19.3 Å². The van der Waals surface area contributed by atoms with Crippen LogP contribution in [0.15, 0.2) is 72.9 Å². The molecule has 0 aromatic heterocycles. The zero-order valence-corrected chi connectivity index (χ0v) is 40.0. The van der Waals surface area contributed by atoms with Gasteiger partial charge in [0, 0.05) is 6.42 Å². The normalized spacial score (nSPS) is 13.9. The summed E-state index contributed by atoms with van der Waals surface area (Å²) in [5.74, 6) is -0.539. The van der Waals surface area contributed by atoms with Crippen molar-refractivity contribution in [1.29, 1.82) is 0 Å². The summed E-state index contributed by atoms with van der Waals surface area (Å²) in [7, 11) is 0.